The number of nitrogens with one attached hydrogen (secondary N) is 1. The molecule has 0 fully saturated rings. The summed E-state index contributed by atoms with van der Waals surface area (Å²) in [7, 11) is 0. The van der Waals surface area contributed by atoms with Crippen LogP contribution >= 0.6 is 23.2 Å². The molecule has 1 aliphatic rings. The van der Waals surface area contributed by atoms with Crippen molar-refractivity contribution >= 4 is 40.8 Å². The van der Waals surface area contributed by atoms with Gasteiger partial charge in [0.2, 0.25) is 5.91 Å². The summed E-state index contributed by atoms with van der Waals surface area (Å²) in [6, 6.07) is 18.0. The fourth-order valence-corrected chi connectivity index (χ4v) is 4.50. The molecule has 0 saturated carbocycles. The van der Waals surface area contributed by atoms with Crippen molar-refractivity contribution in [1.82, 2.24) is 4.90 Å². The zero-order chi connectivity index (χ0) is 23.5. The summed E-state index contributed by atoms with van der Waals surface area (Å²) >= 11 is 12.2. The minimum absolute atomic E-state index is 0.178. The second kappa shape index (κ2) is 9.83. The zero-order valence-electron chi connectivity index (χ0n) is 17.8. The number of anilines is 1. The number of amides is 1. The second-order valence-electron chi connectivity index (χ2n) is 7.90. The van der Waals surface area contributed by atoms with Gasteiger partial charge in [0.05, 0.1) is 10.7 Å². The summed E-state index contributed by atoms with van der Waals surface area (Å²) in [5, 5.41) is 12.6. The highest BCUT2D eigenvalue weighted by molar-refractivity contribution is 6.36. The average Bonchev–Trinajstić information content (AvgIpc) is 3.13. The van der Waals surface area contributed by atoms with Crippen molar-refractivity contribution < 1.29 is 19.4 Å². The lowest BCUT2D eigenvalue weighted by Gasteiger charge is -2.25. The molecule has 1 unspecified atom stereocenters. The van der Waals surface area contributed by atoms with Crippen LogP contribution in [0.1, 0.15) is 28.3 Å². The number of hydrogen-bond acceptors (Lipinski definition) is 4. The maximum atomic E-state index is 13.4. The number of carboxylic acid groups (broad SMARTS) is 1. The first-order valence-electron chi connectivity index (χ1n) is 10.3. The quantitative estimate of drug-likeness (QED) is 0.465. The number of ether oxygens (including phenoxy) is 1. The minimum atomic E-state index is -1.03. The topological polar surface area (TPSA) is 78.9 Å². The number of rotatable bonds is 7. The first kappa shape index (κ1) is 23.1. The van der Waals surface area contributed by atoms with Gasteiger partial charge in [-0.3, -0.25) is 9.69 Å². The van der Waals surface area contributed by atoms with Crippen LogP contribution in [0, 0.1) is 6.92 Å². The Morgan fingerprint density at radius 3 is 2.64 bits per heavy atom. The molecule has 2 N–H and O–H groups in total. The molecule has 0 bridgehead atoms. The van der Waals surface area contributed by atoms with Gasteiger partial charge in [0.1, 0.15) is 11.8 Å². The van der Waals surface area contributed by atoms with E-state index in [9.17, 15) is 9.59 Å². The lowest BCUT2D eigenvalue weighted by atomic mass is 10.0. The highest BCUT2D eigenvalue weighted by atomic mass is 35.5. The number of carbonyl (C=O) groups is 2. The molecular formula is C25H22Cl2N2O4. The van der Waals surface area contributed by atoms with Crippen LogP contribution < -0.4 is 10.1 Å². The molecular weight excluding hydrogens is 463 g/mol. The first-order valence-corrected chi connectivity index (χ1v) is 11.1. The molecule has 0 aliphatic carbocycles. The van der Waals surface area contributed by atoms with Crippen LogP contribution in [0.15, 0.2) is 60.7 Å². The van der Waals surface area contributed by atoms with Gasteiger partial charge >= 0.3 is 5.97 Å². The third-order valence-electron chi connectivity index (χ3n) is 5.50. The van der Waals surface area contributed by atoms with E-state index in [4.69, 9.17) is 33.0 Å². The molecule has 1 aliphatic heterocycles. The Hall–Kier alpha value is -3.06. The van der Waals surface area contributed by atoms with Crippen molar-refractivity contribution in [3.05, 3.63) is 93.0 Å². The monoisotopic (exact) mass is 484 g/mol. The molecule has 0 saturated heterocycles. The standard InChI is InChI=1S/C25H22Cl2N2O4/c1-15-10-16(6-9-22(15)33-14-23(30)31)12-29-13-17-4-2-3-5-19(17)24(29)25(32)28-21-8-7-18(26)11-20(21)27/h2-11,24H,12-14H2,1H3,(H,28,32)(H,30,31). The summed E-state index contributed by atoms with van der Waals surface area (Å²) in [5.74, 6) is -0.678. The minimum Gasteiger partial charge on any atom is -0.482 e. The van der Waals surface area contributed by atoms with Gasteiger partial charge in [-0.05, 0) is 53.4 Å². The van der Waals surface area contributed by atoms with Gasteiger partial charge in [0, 0.05) is 18.1 Å². The fraction of sp³-hybridized carbons (Fsp3) is 0.200. The van der Waals surface area contributed by atoms with E-state index in [0.29, 0.717) is 34.6 Å². The molecule has 8 heteroatoms. The molecule has 0 spiro atoms. The Kier molecular flexibility index (Phi) is 6.88. The van der Waals surface area contributed by atoms with Crippen LogP contribution in [0.3, 0.4) is 0 Å². The molecule has 0 aromatic heterocycles. The Labute approximate surface area is 201 Å². The highest BCUT2D eigenvalue weighted by Gasteiger charge is 2.35. The normalized spacial score (nSPS) is 15.2. The van der Waals surface area contributed by atoms with Gasteiger partial charge in [-0.25, -0.2) is 4.79 Å². The van der Waals surface area contributed by atoms with E-state index in [1.165, 1.54) is 0 Å². The number of aliphatic carboxylic acids is 1. The van der Waals surface area contributed by atoms with Crippen LogP contribution in [-0.4, -0.2) is 28.5 Å². The van der Waals surface area contributed by atoms with Gasteiger partial charge in [-0.1, -0.05) is 59.6 Å². The molecule has 1 amide bonds. The molecule has 170 valence electrons. The van der Waals surface area contributed by atoms with Crippen molar-refractivity contribution in [3.63, 3.8) is 0 Å². The average molecular weight is 485 g/mol. The highest BCUT2D eigenvalue weighted by Crippen LogP contribution is 2.37. The van der Waals surface area contributed by atoms with Crippen molar-refractivity contribution in [2.75, 3.05) is 11.9 Å². The van der Waals surface area contributed by atoms with E-state index in [-0.39, 0.29) is 5.91 Å². The number of fused-ring (bicyclic) bond motifs is 1. The van der Waals surface area contributed by atoms with Crippen LogP contribution in [0.2, 0.25) is 10.0 Å². The van der Waals surface area contributed by atoms with Crippen LogP contribution in [0.25, 0.3) is 0 Å². The van der Waals surface area contributed by atoms with E-state index >= 15 is 0 Å². The van der Waals surface area contributed by atoms with Gasteiger partial charge < -0.3 is 15.2 Å². The summed E-state index contributed by atoms with van der Waals surface area (Å²) in [5.41, 5.74) is 4.38. The number of aryl methyl sites for hydroxylation is 1. The lowest BCUT2D eigenvalue weighted by Crippen LogP contribution is -2.32. The Morgan fingerprint density at radius 2 is 1.91 bits per heavy atom. The number of halogens is 2. The summed E-state index contributed by atoms with van der Waals surface area (Å²) in [6.45, 7) is 2.63. The molecule has 0 radical (unpaired) electrons. The molecule has 1 heterocycles. The SMILES string of the molecule is Cc1cc(CN2Cc3ccccc3C2C(=O)Nc2ccc(Cl)cc2Cl)ccc1OCC(=O)O. The number of carbonyl (C=O) groups excluding carboxylic acids is 1. The Bertz CT molecular complexity index is 1210. The largest absolute Gasteiger partial charge is 0.482 e. The predicted molar refractivity (Wildman–Crippen MR) is 128 cm³/mol. The van der Waals surface area contributed by atoms with Crippen LogP contribution in [0.5, 0.6) is 5.75 Å². The Morgan fingerprint density at radius 1 is 1.12 bits per heavy atom. The van der Waals surface area contributed by atoms with Gasteiger partial charge in [0.25, 0.3) is 0 Å². The number of nitrogens with zero attached hydrogens (tertiary/aromatic N) is 1. The Balaban J connectivity index is 1.56. The van der Waals surface area contributed by atoms with E-state index in [2.05, 4.69) is 10.2 Å². The number of carboxylic acids is 1. The summed E-state index contributed by atoms with van der Waals surface area (Å²) < 4.78 is 5.32. The lowest BCUT2D eigenvalue weighted by molar-refractivity contribution is -0.139. The molecule has 1 atom stereocenters. The van der Waals surface area contributed by atoms with Crippen molar-refractivity contribution in [2.24, 2.45) is 0 Å². The first-order chi connectivity index (χ1) is 15.8. The van der Waals surface area contributed by atoms with Crippen LogP contribution in [-0.2, 0) is 22.7 Å². The van der Waals surface area contributed by atoms with Gasteiger partial charge in [-0.2, -0.15) is 0 Å². The summed E-state index contributed by atoms with van der Waals surface area (Å²) in [4.78, 5) is 26.2. The number of benzene rings is 3. The number of hydrogen-bond donors (Lipinski definition) is 2. The maximum Gasteiger partial charge on any atom is 0.341 e. The summed E-state index contributed by atoms with van der Waals surface area (Å²) in [6.07, 6.45) is 0. The third-order valence-corrected chi connectivity index (χ3v) is 6.05. The molecule has 6 nitrogen and oxygen atoms in total. The smallest absolute Gasteiger partial charge is 0.341 e. The van der Waals surface area contributed by atoms with Gasteiger partial charge in [-0.15, -0.1) is 0 Å². The zero-order valence-corrected chi connectivity index (χ0v) is 19.4. The fourth-order valence-electron chi connectivity index (χ4n) is 4.04. The van der Waals surface area contributed by atoms with E-state index in [1.54, 1.807) is 24.3 Å². The van der Waals surface area contributed by atoms with Gasteiger partial charge in [0.15, 0.2) is 6.61 Å². The van der Waals surface area contributed by atoms with E-state index < -0.39 is 18.6 Å². The second-order valence-corrected chi connectivity index (χ2v) is 8.75. The van der Waals surface area contributed by atoms with Crippen LogP contribution in [0.4, 0.5) is 5.69 Å². The third kappa shape index (κ3) is 5.30. The molecule has 33 heavy (non-hydrogen) atoms. The maximum absolute atomic E-state index is 13.4. The van der Waals surface area contributed by atoms with E-state index in [0.717, 1.165) is 22.3 Å². The van der Waals surface area contributed by atoms with Crippen molar-refractivity contribution in [1.29, 1.82) is 0 Å². The predicted octanol–water partition coefficient (Wildman–Crippen LogP) is 5.46. The molecule has 4 rings (SSSR count). The van der Waals surface area contributed by atoms with Crippen molar-refractivity contribution in [3.8, 4) is 5.75 Å². The molecule has 3 aromatic rings. The van der Waals surface area contributed by atoms with E-state index in [1.807, 2.05) is 43.3 Å². The molecule has 3 aromatic carbocycles. The van der Waals surface area contributed by atoms with Crippen molar-refractivity contribution in [2.45, 2.75) is 26.1 Å².